The lowest BCUT2D eigenvalue weighted by Crippen LogP contribution is -2.29. The van der Waals surface area contributed by atoms with E-state index in [0.717, 1.165) is 16.9 Å². The van der Waals surface area contributed by atoms with E-state index in [2.05, 4.69) is 4.98 Å². The van der Waals surface area contributed by atoms with Gasteiger partial charge in [-0.15, -0.1) is 0 Å². The molecule has 20 heavy (non-hydrogen) atoms. The van der Waals surface area contributed by atoms with Gasteiger partial charge in [-0.2, -0.15) is 0 Å². The van der Waals surface area contributed by atoms with E-state index in [1.165, 1.54) is 0 Å². The van der Waals surface area contributed by atoms with Gasteiger partial charge in [0.1, 0.15) is 6.54 Å². The number of benzene rings is 1. The first-order valence-corrected chi connectivity index (χ1v) is 6.56. The van der Waals surface area contributed by atoms with E-state index in [1.807, 2.05) is 31.2 Å². The summed E-state index contributed by atoms with van der Waals surface area (Å²) in [7, 11) is 0. The average molecular weight is 291 g/mol. The molecule has 1 heterocycles. The molecule has 2 aromatic rings. The van der Waals surface area contributed by atoms with E-state index < -0.39 is 5.97 Å². The summed E-state index contributed by atoms with van der Waals surface area (Å²) in [6.07, 6.45) is 1.76. The number of aryl methyl sites for hydroxylation is 1. The average Bonchev–Trinajstić information content (AvgIpc) is 2.41. The van der Waals surface area contributed by atoms with Crippen molar-refractivity contribution in [2.45, 2.75) is 13.5 Å². The molecule has 0 saturated heterocycles. The Labute approximate surface area is 122 Å². The molecule has 104 valence electrons. The number of carbonyl (C=O) groups is 1. The molecule has 1 N–H and O–H groups in total. The fraction of sp³-hybridized carbons (Fsp3) is 0.200. The maximum absolute atomic E-state index is 11.0. The summed E-state index contributed by atoms with van der Waals surface area (Å²) in [6, 6.07) is 11.0. The van der Waals surface area contributed by atoms with Crippen LogP contribution in [0.2, 0.25) is 5.02 Å². The van der Waals surface area contributed by atoms with Crippen LogP contribution in [0.4, 0.5) is 5.69 Å². The molecule has 0 saturated carbocycles. The first kappa shape index (κ1) is 14.3. The summed E-state index contributed by atoms with van der Waals surface area (Å²) >= 11 is 5.85. The molecule has 5 heteroatoms. The standard InChI is InChI=1S/C15H15ClN2O2/c1-11-2-3-12(8-17-11)9-18(10-15(19)20)14-6-4-13(16)5-7-14/h2-8H,9-10H2,1H3,(H,19,20). The molecular formula is C15H15ClN2O2. The van der Waals surface area contributed by atoms with Gasteiger partial charge in [0, 0.05) is 29.1 Å². The number of halogens is 1. The number of nitrogens with zero attached hydrogens (tertiary/aromatic N) is 2. The van der Waals surface area contributed by atoms with Crippen molar-refractivity contribution in [3.63, 3.8) is 0 Å². The van der Waals surface area contributed by atoms with Crippen LogP contribution in [0.1, 0.15) is 11.3 Å². The number of pyridine rings is 1. The SMILES string of the molecule is Cc1ccc(CN(CC(=O)O)c2ccc(Cl)cc2)cn1. The topological polar surface area (TPSA) is 53.4 Å². The molecule has 4 nitrogen and oxygen atoms in total. The predicted molar refractivity (Wildman–Crippen MR) is 79.1 cm³/mol. The highest BCUT2D eigenvalue weighted by atomic mass is 35.5. The first-order valence-electron chi connectivity index (χ1n) is 6.18. The normalized spacial score (nSPS) is 10.3. The first-order chi connectivity index (χ1) is 9.54. The molecule has 1 aromatic carbocycles. The van der Waals surface area contributed by atoms with E-state index >= 15 is 0 Å². The van der Waals surface area contributed by atoms with Gasteiger partial charge in [0.05, 0.1) is 0 Å². The number of rotatable bonds is 5. The Kier molecular flexibility index (Phi) is 4.58. The summed E-state index contributed by atoms with van der Waals surface area (Å²) in [6.45, 7) is 2.33. The fourth-order valence-electron chi connectivity index (χ4n) is 1.87. The largest absolute Gasteiger partial charge is 0.480 e. The summed E-state index contributed by atoms with van der Waals surface area (Å²) in [5.74, 6) is -0.875. The lowest BCUT2D eigenvalue weighted by Gasteiger charge is -2.23. The summed E-state index contributed by atoms with van der Waals surface area (Å²) in [5, 5.41) is 9.66. The van der Waals surface area contributed by atoms with E-state index in [4.69, 9.17) is 16.7 Å². The summed E-state index contributed by atoms with van der Waals surface area (Å²) < 4.78 is 0. The number of carboxylic acids is 1. The lowest BCUT2D eigenvalue weighted by atomic mass is 10.2. The van der Waals surface area contributed by atoms with Crippen molar-refractivity contribution < 1.29 is 9.90 Å². The predicted octanol–water partition coefficient (Wildman–Crippen LogP) is 3.13. The molecule has 0 amide bonds. The van der Waals surface area contributed by atoms with Crippen molar-refractivity contribution >= 4 is 23.3 Å². The van der Waals surface area contributed by atoms with Gasteiger partial charge in [-0.1, -0.05) is 17.7 Å². The Hall–Kier alpha value is -2.07. The van der Waals surface area contributed by atoms with E-state index in [1.54, 1.807) is 23.2 Å². The Morgan fingerprint density at radius 1 is 1.25 bits per heavy atom. The fourth-order valence-corrected chi connectivity index (χ4v) is 1.99. The molecule has 1 aromatic heterocycles. The second kappa shape index (κ2) is 6.39. The van der Waals surface area contributed by atoms with Gasteiger partial charge >= 0.3 is 5.97 Å². The maximum atomic E-state index is 11.0. The smallest absolute Gasteiger partial charge is 0.323 e. The van der Waals surface area contributed by atoms with Gasteiger partial charge in [0.25, 0.3) is 0 Å². The second-order valence-electron chi connectivity index (χ2n) is 4.53. The number of aromatic nitrogens is 1. The van der Waals surface area contributed by atoms with Crippen molar-refractivity contribution in [1.82, 2.24) is 4.98 Å². The van der Waals surface area contributed by atoms with Crippen LogP contribution in [-0.4, -0.2) is 22.6 Å². The van der Waals surface area contributed by atoms with Crippen LogP contribution in [0, 0.1) is 6.92 Å². The second-order valence-corrected chi connectivity index (χ2v) is 4.97. The molecule has 0 spiro atoms. The maximum Gasteiger partial charge on any atom is 0.323 e. The molecule has 0 atom stereocenters. The van der Waals surface area contributed by atoms with Crippen LogP contribution in [0.3, 0.4) is 0 Å². The zero-order chi connectivity index (χ0) is 14.5. The molecular weight excluding hydrogens is 276 g/mol. The lowest BCUT2D eigenvalue weighted by molar-refractivity contribution is -0.135. The molecule has 0 unspecified atom stereocenters. The van der Waals surface area contributed by atoms with Crippen LogP contribution in [0.15, 0.2) is 42.6 Å². The molecule has 0 aliphatic rings. The Morgan fingerprint density at radius 3 is 2.50 bits per heavy atom. The van der Waals surface area contributed by atoms with Crippen LogP contribution < -0.4 is 4.90 Å². The highest BCUT2D eigenvalue weighted by Crippen LogP contribution is 2.20. The number of hydrogen-bond donors (Lipinski definition) is 1. The van der Waals surface area contributed by atoms with E-state index in [-0.39, 0.29) is 6.54 Å². The molecule has 0 aliphatic heterocycles. The Balaban J connectivity index is 2.21. The van der Waals surface area contributed by atoms with E-state index in [0.29, 0.717) is 11.6 Å². The zero-order valence-corrected chi connectivity index (χ0v) is 11.8. The van der Waals surface area contributed by atoms with Crippen molar-refractivity contribution in [2.75, 3.05) is 11.4 Å². The van der Waals surface area contributed by atoms with Crippen LogP contribution in [0.25, 0.3) is 0 Å². The van der Waals surface area contributed by atoms with Crippen molar-refractivity contribution in [3.05, 3.63) is 58.9 Å². The number of carboxylic acid groups (broad SMARTS) is 1. The Bertz CT molecular complexity index is 582. The minimum Gasteiger partial charge on any atom is -0.480 e. The summed E-state index contributed by atoms with van der Waals surface area (Å²) in [5.41, 5.74) is 2.72. The van der Waals surface area contributed by atoms with Crippen molar-refractivity contribution in [1.29, 1.82) is 0 Å². The molecule has 2 rings (SSSR count). The van der Waals surface area contributed by atoms with Crippen LogP contribution in [-0.2, 0) is 11.3 Å². The van der Waals surface area contributed by atoms with Crippen LogP contribution >= 0.6 is 11.6 Å². The monoisotopic (exact) mass is 290 g/mol. The van der Waals surface area contributed by atoms with Gasteiger partial charge in [-0.05, 0) is 42.8 Å². The number of hydrogen-bond acceptors (Lipinski definition) is 3. The van der Waals surface area contributed by atoms with E-state index in [9.17, 15) is 4.79 Å². The Morgan fingerprint density at radius 2 is 1.95 bits per heavy atom. The molecule has 0 radical (unpaired) electrons. The molecule has 0 aliphatic carbocycles. The number of anilines is 1. The zero-order valence-electron chi connectivity index (χ0n) is 11.1. The third-order valence-electron chi connectivity index (χ3n) is 2.86. The van der Waals surface area contributed by atoms with Crippen LogP contribution in [0.5, 0.6) is 0 Å². The molecule has 0 bridgehead atoms. The third kappa shape index (κ3) is 3.96. The molecule has 0 fully saturated rings. The minimum absolute atomic E-state index is 0.0739. The summed E-state index contributed by atoms with van der Waals surface area (Å²) in [4.78, 5) is 17.0. The van der Waals surface area contributed by atoms with Crippen molar-refractivity contribution in [3.8, 4) is 0 Å². The van der Waals surface area contributed by atoms with Gasteiger partial charge in [0.2, 0.25) is 0 Å². The third-order valence-corrected chi connectivity index (χ3v) is 3.12. The van der Waals surface area contributed by atoms with Gasteiger partial charge in [-0.3, -0.25) is 9.78 Å². The van der Waals surface area contributed by atoms with Gasteiger partial charge in [-0.25, -0.2) is 0 Å². The minimum atomic E-state index is -0.875. The van der Waals surface area contributed by atoms with Gasteiger partial charge < -0.3 is 10.0 Å². The van der Waals surface area contributed by atoms with Crippen molar-refractivity contribution in [2.24, 2.45) is 0 Å². The quantitative estimate of drug-likeness (QED) is 0.919. The number of aliphatic carboxylic acids is 1. The highest BCUT2D eigenvalue weighted by Gasteiger charge is 2.11. The highest BCUT2D eigenvalue weighted by molar-refractivity contribution is 6.30. The van der Waals surface area contributed by atoms with Gasteiger partial charge in [0.15, 0.2) is 0 Å².